The smallest absolute Gasteiger partial charge is 0.410 e. The first kappa shape index (κ1) is 26.2. The molecule has 0 bridgehead atoms. The molecule has 2 fully saturated rings. The Hall–Kier alpha value is -2.40. The number of aliphatic hydroxyl groups excluding tert-OH is 1. The maximum absolute atomic E-state index is 12.3. The first-order chi connectivity index (χ1) is 16.0. The van der Waals surface area contributed by atoms with E-state index in [4.69, 9.17) is 32.2 Å². The number of carbonyl (C=O) groups excluding carboxylic acids is 1. The molecule has 1 aromatic rings. The molecule has 0 aromatic heterocycles. The van der Waals surface area contributed by atoms with Crippen molar-refractivity contribution in [2.75, 3.05) is 26.2 Å². The van der Waals surface area contributed by atoms with E-state index in [1.807, 2.05) is 33.8 Å². The van der Waals surface area contributed by atoms with Crippen molar-refractivity contribution in [3.05, 3.63) is 28.3 Å². The van der Waals surface area contributed by atoms with Gasteiger partial charge in [-0.1, -0.05) is 11.6 Å². The summed E-state index contributed by atoms with van der Waals surface area (Å²) in [6.07, 6.45) is -0.658. The zero-order valence-corrected chi connectivity index (χ0v) is 20.9. The number of benzene rings is 1. The number of piperazine rings is 1. The van der Waals surface area contributed by atoms with Crippen LogP contribution < -0.4 is 11.1 Å². The van der Waals surface area contributed by atoms with Crippen molar-refractivity contribution < 1.29 is 19.4 Å². The van der Waals surface area contributed by atoms with Crippen molar-refractivity contribution in [2.24, 2.45) is 16.6 Å². The third-order valence-corrected chi connectivity index (χ3v) is 6.32. The zero-order chi connectivity index (χ0) is 25.0. The fourth-order valence-electron chi connectivity index (χ4n) is 4.25. The van der Waals surface area contributed by atoms with Gasteiger partial charge in [-0.25, -0.2) is 4.79 Å². The number of amides is 1. The highest BCUT2D eigenvalue weighted by molar-refractivity contribution is 6.31. The van der Waals surface area contributed by atoms with Crippen LogP contribution in [-0.2, 0) is 16.0 Å². The molecule has 1 aromatic carbocycles. The van der Waals surface area contributed by atoms with Gasteiger partial charge in [0.25, 0.3) is 6.02 Å². The predicted octanol–water partition coefficient (Wildman–Crippen LogP) is 2.57. The minimum absolute atomic E-state index is 0.0208. The maximum Gasteiger partial charge on any atom is 0.410 e. The summed E-state index contributed by atoms with van der Waals surface area (Å²) in [4.78, 5) is 20.7. The molecule has 2 heterocycles. The monoisotopic (exact) mass is 494 g/mol. The van der Waals surface area contributed by atoms with Gasteiger partial charge >= 0.3 is 6.09 Å². The van der Waals surface area contributed by atoms with Gasteiger partial charge in [-0.15, -0.1) is 0 Å². The molecule has 188 valence electrons. The molecule has 11 heteroatoms. The highest BCUT2D eigenvalue weighted by Gasteiger charge is 2.31. The molecule has 2 unspecified atom stereocenters. The van der Waals surface area contributed by atoms with E-state index in [0.29, 0.717) is 49.9 Å². The first-order valence-electron chi connectivity index (χ1n) is 11.6. The highest BCUT2D eigenvalue weighted by atomic mass is 35.5. The molecule has 34 heavy (non-hydrogen) atoms. The van der Waals surface area contributed by atoms with Crippen molar-refractivity contribution in [2.45, 2.75) is 59.0 Å². The number of nitrogens with two attached hydrogens (primary N) is 1. The summed E-state index contributed by atoms with van der Waals surface area (Å²) in [7, 11) is 0. The van der Waals surface area contributed by atoms with Gasteiger partial charge in [-0.3, -0.25) is 15.6 Å². The molecule has 0 aliphatic carbocycles. The maximum atomic E-state index is 12.3. The quantitative estimate of drug-likeness (QED) is 0.364. The van der Waals surface area contributed by atoms with E-state index in [2.05, 4.69) is 15.2 Å². The number of rotatable bonds is 5. The number of ether oxygens (including phenoxy) is 2. The fraction of sp³-hybridized carbons (Fsp3) is 0.609. The Kier molecular flexibility index (Phi) is 8.75. The minimum atomic E-state index is -0.824. The van der Waals surface area contributed by atoms with E-state index >= 15 is 0 Å². The van der Waals surface area contributed by atoms with Gasteiger partial charge < -0.3 is 25.2 Å². The van der Waals surface area contributed by atoms with E-state index in [1.165, 1.54) is 0 Å². The first-order valence-corrected chi connectivity index (χ1v) is 11.9. The number of aliphatic hydroxyl groups is 1. The van der Waals surface area contributed by atoms with Crippen LogP contribution >= 0.6 is 11.6 Å². The fourth-order valence-corrected chi connectivity index (χ4v) is 4.48. The van der Waals surface area contributed by atoms with Gasteiger partial charge in [0.15, 0.2) is 5.90 Å². The predicted molar refractivity (Wildman–Crippen MR) is 131 cm³/mol. The highest BCUT2D eigenvalue weighted by Crippen LogP contribution is 2.29. The van der Waals surface area contributed by atoms with Gasteiger partial charge in [-0.2, -0.15) is 4.99 Å². The van der Waals surface area contributed by atoms with Crippen molar-refractivity contribution in [3.8, 4) is 0 Å². The summed E-state index contributed by atoms with van der Waals surface area (Å²) in [5.74, 6) is -0.579. The molecule has 2 aliphatic rings. The molecule has 10 nitrogen and oxygen atoms in total. The standard InChI is InChI=1S/C23H35ClN6O4/c1-13(2)33-23(32)30-8-7-29(11-14(30)3)12-16-9-17(24)10-19(15(16)4)28-22(26)34-20(25)18-5-6-27-21(18)31/h9-10,13-14,18,21,25,27,31H,5-8,11-12H2,1-4H3,(H2,26,28)/t14-,18?,21?/m0/s1. The van der Waals surface area contributed by atoms with E-state index in [0.717, 1.165) is 11.1 Å². The van der Waals surface area contributed by atoms with Crippen LogP contribution in [-0.4, -0.2) is 77.5 Å². The number of amidine groups is 1. The molecule has 5 N–H and O–H groups in total. The van der Waals surface area contributed by atoms with Crippen LogP contribution in [0, 0.1) is 18.3 Å². The molecule has 2 saturated heterocycles. The van der Waals surface area contributed by atoms with Gasteiger partial charge in [0.05, 0.1) is 17.7 Å². The molecule has 0 spiro atoms. The molecule has 3 rings (SSSR count). The van der Waals surface area contributed by atoms with Gasteiger partial charge in [0.2, 0.25) is 0 Å². The Labute approximate surface area is 205 Å². The molecule has 0 saturated carbocycles. The lowest BCUT2D eigenvalue weighted by Gasteiger charge is -2.39. The molecule has 1 amide bonds. The SMILES string of the molecule is Cc1c(CN2CCN(C(=O)OC(C)C)[C@@H](C)C2)cc(Cl)cc1N=C(N)OC(=N)C1CCNC1O. The van der Waals surface area contributed by atoms with E-state index in [9.17, 15) is 9.90 Å². The second-order valence-corrected chi connectivity index (χ2v) is 9.57. The number of aliphatic imine (C=N–C) groups is 1. The average molecular weight is 495 g/mol. The largest absolute Gasteiger partial charge is 0.447 e. The van der Waals surface area contributed by atoms with Crippen LogP contribution in [0.5, 0.6) is 0 Å². The van der Waals surface area contributed by atoms with Crippen molar-refractivity contribution in [3.63, 3.8) is 0 Å². The average Bonchev–Trinajstić information content (AvgIpc) is 3.17. The van der Waals surface area contributed by atoms with Gasteiger partial charge in [0, 0.05) is 37.2 Å². The number of carbonyl (C=O) groups is 1. The van der Waals surface area contributed by atoms with Gasteiger partial charge in [-0.05, 0) is 63.9 Å². The van der Waals surface area contributed by atoms with Crippen LogP contribution in [0.3, 0.4) is 0 Å². The van der Waals surface area contributed by atoms with E-state index in [1.54, 1.807) is 11.0 Å². The zero-order valence-electron chi connectivity index (χ0n) is 20.2. The third kappa shape index (κ3) is 6.59. The van der Waals surface area contributed by atoms with Crippen LogP contribution in [0.25, 0.3) is 0 Å². The lowest BCUT2D eigenvalue weighted by molar-refractivity contribution is 0.0349. The van der Waals surface area contributed by atoms with E-state index < -0.39 is 12.1 Å². The number of hydrogen-bond acceptors (Lipinski definition) is 8. The lowest BCUT2D eigenvalue weighted by atomic mass is 10.1. The normalized spacial score (nSPS) is 23.9. The minimum Gasteiger partial charge on any atom is -0.447 e. The van der Waals surface area contributed by atoms with Crippen molar-refractivity contribution in [1.29, 1.82) is 5.41 Å². The second-order valence-electron chi connectivity index (χ2n) is 9.13. The summed E-state index contributed by atoms with van der Waals surface area (Å²) in [5, 5.41) is 21.3. The Bertz CT molecular complexity index is 940. The Balaban J connectivity index is 1.67. The third-order valence-electron chi connectivity index (χ3n) is 6.10. The lowest BCUT2D eigenvalue weighted by Crippen LogP contribution is -2.54. The van der Waals surface area contributed by atoms with Crippen molar-refractivity contribution >= 4 is 35.3 Å². The number of nitrogens with zero attached hydrogens (tertiary/aromatic N) is 3. The molecular formula is C23H35ClN6O4. The molecule has 2 aliphatic heterocycles. The molecule has 3 atom stereocenters. The van der Waals surface area contributed by atoms with E-state index in [-0.39, 0.29) is 30.2 Å². The van der Waals surface area contributed by atoms with Crippen LogP contribution in [0.4, 0.5) is 10.5 Å². The Morgan fingerprint density at radius 3 is 2.76 bits per heavy atom. The summed E-state index contributed by atoms with van der Waals surface area (Å²) in [6, 6.07) is 3.45. The molecule has 0 radical (unpaired) electrons. The van der Waals surface area contributed by atoms with Crippen LogP contribution in [0.15, 0.2) is 17.1 Å². The van der Waals surface area contributed by atoms with Crippen molar-refractivity contribution in [1.82, 2.24) is 15.1 Å². The van der Waals surface area contributed by atoms with Crippen LogP contribution in [0.2, 0.25) is 5.02 Å². The number of hydrogen-bond donors (Lipinski definition) is 4. The topological polar surface area (TPSA) is 136 Å². The summed E-state index contributed by atoms with van der Waals surface area (Å²) in [5.41, 5.74) is 8.41. The second kappa shape index (κ2) is 11.4. The summed E-state index contributed by atoms with van der Waals surface area (Å²) in [6.45, 7) is 10.9. The summed E-state index contributed by atoms with van der Waals surface area (Å²) >= 11 is 6.37. The summed E-state index contributed by atoms with van der Waals surface area (Å²) < 4.78 is 10.7. The Morgan fingerprint density at radius 2 is 2.15 bits per heavy atom. The number of halogens is 1. The Morgan fingerprint density at radius 1 is 1.41 bits per heavy atom. The van der Waals surface area contributed by atoms with Crippen LogP contribution in [0.1, 0.15) is 38.3 Å². The van der Waals surface area contributed by atoms with Gasteiger partial charge in [0.1, 0.15) is 6.23 Å². The molecular weight excluding hydrogens is 460 g/mol. The number of nitrogens with one attached hydrogen (secondary N) is 2.